The fourth-order valence-corrected chi connectivity index (χ4v) is 2.59. The van der Waals surface area contributed by atoms with Crippen LogP contribution in [-0.4, -0.2) is 42.4 Å². The molecule has 0 spiro atoms. The molecule has 1 atom stereocenters. The second kappa shape index (κ2) is 7.35. The Morgan fingerprint density at radius 1 is 1.22 bits per heavy atom. The van der Waals surface area contributed by atoms with Gasteiger partial charge in [0.2, 0.25) is 5.91 Å². The van der Waals surface area contributed by atoms with Crippen molar-refractivity contribution in [2.75, 3.05) is 5.75 Å². The summed E-state index contributed by atoms with van der Waals surface area (Å²) in [6, 6.07) is -0.0394. The molecule has 0 aromatic heterocycles. The van der Waals surface area contributed by atoms with Crippen LogP contribution < -0.4 is 5.32 Å². The number of carboxylic acid groups (broad SMARTS) is 1. The van der Waals surface area contributed by atoms with E-state index in [9.17, 15) is 18.0 Å². The Bertz CT molecular complexity index is 386. The number of hydrogen-bond acceptors (Lipinski definition) is 4. The number of sulfone groups is 1. The summed E-state index contributed by atoms with van der Waals surface area (Å²) in [4.78, 5) is 22.0. The van der Waals surface area contributed by atoms with Gasteiger partial charge in [-0.3, -0.25) is 9.59 Å². The Morgan fingerprint density at radius 3 is 2.11 bits per heavy atom. The molecule has 0 aliphatic carbocycles. The van der Waals surface area contributed by atoms with Crippen LogP contribution in [0.25, 0.3) is 0 Å². The highest BCUT2D eigenvalue weighted by Gasteiger charge is 2.26. The van der Waals surface area contributed by atoms with Gasteiger partial charge in [0.05, 0.1) is 11.7 Å². The molecular formula is C11H21NO5S. The van der Waals surface area contributed by atoms with Crippen molar-refractivity contribution in [3.8, 4) is 0 Å². The molecule has 6 nitrogen and oxygen atoms in total. The Kier molecular flexibility index (Phi) is 6.90. The first-order valence-corrected chi connectivity index (χ1v) is 7.67. The first kappa shape index (κ1) is 16.9. The van der Waals surface area contributed by atoms with Crippen LogP contribution in [0.3, 0.4) is 0 Å². The average molecular weight is 279 g/mol. The van der Waals surface area contributed by atoms with E-state index < -0.39 is 39.1 Å². The minimum absolute atomic E-state index is 0.0394. The average Bonchev–Trinajstić information content (AvgIpc) is 2.24. The fourth-order valence-electron chi connectivity index (χ4n) is 1.46. The zero-order valence-corrected chi connectivity index (χ0v) is 11.8. The molecule has 0 saturated carbocycles. The molecule has 0 heterocycles. The molecule has 1 unspecified atom stereocenters. The number of carbonyl (C=O) groups is 2. The number of nitrogens with one attached hydrogen (secondary N) is 1. The van der Waals surface area contributed by atoms with Gasteiger partial charge in [0.15, 0.2) is 9.84 Å². The zero-order valence-electron chi connectivity index (χ0n) is 11.0. The molecule has 7 heteroatoms. The lowest BCUT2D eigenvalue weighted by molar-refractivity contribution is -0.137. The summed E-state index contributed by atoms with van der Waals surface area (Å²) in [5, 5.41) is 10.1. The van der Waals surface area contributed by atoms with E-state index in [1.165, 1.54) is 6.92 Å². The molecule has 0 aliphatic rings. The van der Waals surface area contributed by atoms with Crippen molar-refractivity contribution in [3.05, 3.63) is 0 Å². The third-order valence-electron chi connectivity index (χ3n) is 2.76. The van der Waals surface area contributed by atoms with E-state index in [0.717, 1.165) is 12.8 Å². The molecule has 2 N–H and O–H groups in total. The minimum Gasteiger partial charge on any atom is -0.481 e. The monoisotopic (exact) mass is 279 g/mol. The second-order valence-electron chi connectivity index (χ2n) is 4.30. The van der Waals surface area contributed by atoms with E-state index in [4.69, 9.17) is 5.11 Å². The Balaban J connectivity index is 4.49. The summed E-state index contributed by atoms with van der Waals surface area (Å²) < 4.78 is 23.4. The van der Waals surface area contributed by atoms with Gasteiger partial charge < -0.3 is 10.4 Å². The lowest BCUT2D eigenvalue weighted by atomic mass is 10.2. The lowest BCUT2D eigenvalue weighted by Crippen LogP contribution is -2.39. The SMILES string of the molecule is CCC(CC)NC(=O)CS(=O)(=O)C(C)CC(=O)O. The van der Waals surface area contributed by atoms with Gasteiger partial charge in [-0.15, -0.1) is 0 Å². The maximum atomic E-state index is 11.7. The highest BCUT2D eigenvalue weighted by molar-refractivity contribution is 7.92. The van der Waals surface area contributed by atoms with Crippen LogP contribution in [0, 0.1) is 0 Å². The van der Waals surface area contributed by atoms with Crippen molar-refractivity contribution in [1.29, 1.82) is 0 Å². The molecule has 0 bridgehead atoms. The van der Waals surface area contributed by atoms with Crippen molar-refractivity contribution < 1.29 is 23.1 Å². The van der Waals surface area contributed by atoms with Crippen LogP contribution in [0.2, 0.25) is 0 Å². The van der Waals surface area contributed by atoms with Gasteiger partial charge in [-0.25, -0.2) is 8.42 Å². The van der Waals surface area contributed by atoms with Crippen LogP contribution in [0.4, 0.5) is 0 Å². The van der Waals surface area contributed by atoms with E-state index in [1.54, 1.807) is 0 Å². The number of amides is 1. The quantitative estimate of drug-likeness (QED) is 0.676. The highest BCUT2D eigenvalue weighted by atomic mass is 32.2. The molecular weight excluding hydrogens is 258 g/mol. The van der Waals surface area contributed by atoms with Gasteiger partial charge in [-0.1, -0.05) is 13.8 Å². The fraction of sp³-hybridized carbons (Fsp3) is 0.818. The van der Waals surface area contributed by atoms with E-state index in [0.29, 0.717) is 0 Å². The predicted molar refractivity (Wildman–Crippen MR) is 68.0 cm³/mol. The van der Waals surface area contributed by atoms with E-state index >= 15 is 0 Å². The normalized spacial score (nSPS) is 13.3. The summed E-state index contributed by atoms with van der Waals surface area (Å²) >= 11 is 0. The molecule has 0 radical (unpaired) electrons. The number of aliphatic carboxylic acids is 1. The summed E-state index contributed by atoms with van der Waals surface area (Å²) in [5.41, 5.74) is 0. The molecule has 0 saturated heterocycles. The molecule has 0 aromatic rings. The second-order valence-corrected chi connectivity index (χ2v) is 6.72. The van der Waals surface area contributed by atoms with Crippen molar-refractivity contribution in [1.82, 2.24) is 5.32 Å². The molecule has 0 rings (SSSR count). The first-order valence-electron chi connectivity index (χ1n) is 5.95. The Labute approximate surface area is 108 Å². The number of hydrogen-bond donors (Lipinski definition) is 2. The van der Waals surface area contributed by atoms with Crippen LogP contribution in [-0.2, 0) is 19.4 Å². The van der Waals surface area contributed by atoms with Gasteiger partial charge in [0, 0.05) is 6.04 Å². The minimum atomic E-state index is -3.71. The largest absolute Gasteiger partial charge is 0.481 e. The predicted octanol–water partition coefficient (Wildman–Crippen LogP) is 0.569. The highest BCUT2D eigenvalue weighted by Crippen LogP contribution is 2.07. The van der Waals surface area contributed by atoms with E-state index in [-0.39, 0.29) is 6.04 Å². The summed E-state index contributed by atoms with van der Waals surface area (Å²) in [5.74, 6) is -2.41. The van der Waals surface area contributed by atoms with Crippen molar-refractivity contribution in [2.45, 2.75) is 51.3 Å². The molecule has 18 heavy (non-hydrogen) atoms. The molecule has 106 valence electrons. The summed E-state index contributed by atoms with van der Waals surface area (Å²) in [6.45, 7) is 5.10. The third-order valence-corrected chi connectivity index (χ3v) is 4.82. The standard InChI is InChI=1S/C11H21NO5S/c1-4-9(5-2)12-10(13)7-18(16,17)8(3)6-11(14)15/h8-9H,4-7H2,1-3H3,(H,12,13)(H,14,15). The van der Waals surface area contributed by atoms with Gasteiger partial charge in [0.1, 0.15) is 5.75 Å². The van der Waals surface area contributed by atoms with Crippen LogP contribution in [0.5, 0.6) is 0 Å². The van der Waals surface area contributed by atoms with Crippen molar-refractivity contribution in [3.63, 3.8) is 0 Å². The van der Waals surface area contributed by atoms with Gasteiger partial charge in [-0.05, 0) is 19.8 Å². The maximum Gasteiger partial charge on any atom is 0.304 e. The zero-order chi connectivity index (χ0) is 14.3. The number of rotatable bonds is 8. The smallest absolute Gasteiger partial charge is 0.304 e. The first-order chi connectivity index (χ1) is 8.22. The molecule has 1 amide bonds. The maximum absolute atomic E-state index is 11.7. The Morgan fingerprint density at radius 2 is 1.72 bits per heavy atom. The van der Waals surface area contributed by atoms with Crippen LogP contribution >= 0.6 is 0 Å². The Hall–Kier alpha value is -1.11. The molecule has 0 aromatic carbocycles. The molecule has 0 aliphatic heterocycles. The molecule has 0 fully saturated rings. The number of carbonyl (C=O) groups excluding carboxylic acids is 1. The van der Waals surface area contributed by atoms with Crippen molar-refractivity contribution >= 4 is 21.7 Å². The topological polar surface area (TPSA) is 101 Å². The summed E-state index contributed by atoms with van der Waals surface area (Å²) in [6.07, 6.45) is 0.973. The van der Waals surface area contributed by atoms with Gasteiger partial charge in [0.25, 0.3) is 0 Å². The number of carboxylic acids is 1. The lowest BCUT2D eigenvalue weighted by Gasteiger charge is -2.16. The van der Waals surface area contributed by atoms with Crippen LogP contribution in [0.1, 0.15) is 40.0 Å². The van der Waals surface area contributed by atoms with Crippen LogP contribution in [0.15, 0.2) is 0 Å². The van der Waals surface area contributed by atoms with Crippen molar-refractivity contribution in [2.24, 2.45) is 0 Å². The van der Waals surface area contributed by atoms with E-state index in [2.05, 4.69) is 5.32 Å². The van der Waals surface area contributed by atoms with Gasteiger partial charge >= 0.3 is 5.97 Å². The summed E-state index contributed by atoms with van der Waals surface area (Å²) in [7, 11) is -3.71. The third kappa shape index (κ3) is 6.00. The van der Waals surface area contributed by atoms with E-state index in [1.807, 2.05) is 13.8 Å². The van der Waals surface area contributed by atoms with Gasteiger partial charge in [-0.2, -0.15) is 0 Å².